The van der Waals surface area contributed by atoms with Crippen molar-refractivity contribution < 1.29 is 59.1 Å². The lowest BCUT2D eigenvalue weighted by Crippen LogP contribution is -2.70. The van der Waals surface area contributed by atoms with Crippen molar-refractivity contribution in [3.63, 3.8) is 0 Å². The van der Waals surface area contributed by atoms with E-state index >= 15 is 0 Å². The first kappa shape index (κ1) is 32.7. The van der Waals surface area contributed by atoms with Crippen LogP contribution in [0.4, 0.5) is 0 Å². The molecule has 0 bridgehead atoms. The minimum atomic E-state index is -1.67. The van der Waals surface area contributed by atoms with Crippen molar-refractivity contribution in [2.45, 2.75) is 117 Å². The lowest BCUT2D eigenvalue weighted by Gasteiger charge is -2.51. The summed E-state index contributed by atoms with van der Waals surface area (Å²) in [4.78, 5) is 11.7. The van der Waals surface area contributed by atoms with Crippen molar-refractivity contribution in [3.05, 3.63) is 0 Å². The number of ether oxygens (including phenoxy) is 5. The number of aliphatic hydroxyl groups is 6. The highest BCUT2D eigenvalue weighted by Crippen LogP contribution is 2.35. The number of rotatable bonds is 8. The van der Waals surface area contributed by atoms with Crippen LogP contribution in [0.15, 0.2) is 0 Å². The zero-order valence-corrected chi connectivity index (χ0v) is 22.6. The van der Waals surface area contributed by atoms with Crippen LogP contribution < -0.4 is 33.6 Å². The number of hydrogen-bond acceptors (Lipinski definition) is 17. The van der Waals surface area contributed by atoms with Gasteiger partial charge in [0.25, 0.3) is 0 Å². The monoisotopic (exact) mass is 596 g/mol. The van der Waals surface area contributed by atoms with Gasteiger partial charge in [-0.3, -0.25) is 4.79 Å². The van der Waals surface area contributed by atoms with Crippen molar-refractivity contribution in [1.29, 1.82) is 0 Å². The molecule has 4 aliphatic rings. The highest BCUT2D eigenvalue weighted by molar-refractivity contribution is 5.78. The fourth-order valence-corrected chi connectivity index (χ4v) is 5.85. The van der Waals surface area contributed by atoms with E-state index in [-0.39, 0.29) is 19.4 Å². The average molecular weight is 597 g/mol. The zero-order valence-electron chi connectivity index (χ0n) is 22.6. The Bertz CT molecular complexity index is 877. The van der Waals surface area contributed by atoms with Crippen LogP contribution in [-0.2, 0) is 28.5 Å². The third-order valence-corrected chi connectivity index (χ3v) is 8.20. The average Bonchev–Trinajstić information content (AvgIpc) is 2.94. The lowest BCUT2D eigenvalue weighted by atomic mass is 9.84. The van der Waals surface area contributed by atoms with Gasteiger partial charge in [-0.15, -0.1) is 0 Å². The predicted molar refractivity (Wildman–Crippen MR) is 136 cm³/mol. The largest absolute Gasteiger partial charge is 0.394 e. The number of carbonyl (C=O) groups is 1. The fourth-order valence-electron chi connectivity index (χ4n) is 5.85. The minimum Gasteiger partial charge on any atom is -0.394 e. The summed E-state index contributed by atoms with van der Waals surface area (Å²) in [7, 11) is 1.53. The van der Waals surface area contributed by atoms with Crippen molar-refractivity contribution in [2.75, 3.05) is 20.2 Å². The van der Waals surface area contributed by atoms with E-state index in [1.54, 1.807) is 0 Å². The molecule has 16 N–H and O–H groups in total. The van der Waals surface area contributed by atoms with Crippen LogP contribution in [-0.4, -0.2) is 161 Å². The van der Waals surface area contributed by atoms with Gasteiger partial charge in [-0.2, -0.15) is 0 Å². The van der Waals surface area contributed by atoms with E-state index in [2.05, 4.69) is 10.6 Å². The molecule has 18 nitrogen and oxygen atoms in total. The Hall–Kier alpha value is -1.17. The third-order valence-electron chi connectivity index (χ3n) is 8.20. The molecule has 0 radical (unpaired) electrons. The number of nitrogens with two attached hydrogens (primary N) is 4. The molecular weight excluding hydrogens is 552 g/mol. The quantitative estimate of drug-likeness (QED) is 0.124. The maximum Gasteiger partial charge on any atom is 0.234 e. The summed E-state index contributed by atoms with van der Waals surface area (Å²) in [6, 6.07) is -4.32. The summed E-state index contributed by atoms with van der Waals surface area (Å²) in [5.41, 5.74) is 23.5. The van der Waals surface area contributed by atoms with E-state index in [0.717, 1.165) is 0 Å². The molecule has 1 saturated carbocycles. The second-order valence-corrected chi connectivity index (χ2v) is 11.0. The Morgan fingerprint density at radius 3 is 2.15 bits per heavy atom. The second kappa shape index (κ2) is 13.6. The Kier molecular flexibility index (Phi) is 10.9. The van der Waals surface area contributed by atoms with Gasteiger partial charge in [0, 0.05) is 12.1 Å². The molecule has 0 aromatic carbocycles. The third kappa shape index (κ3) is 6.68. The van der Waals surface area contributed by atoms with Gasteiger partial charge in [-0.1, -0.05) is 0 Å². The molecular formula is C23H44N6O12. The van der Waals surface area contributed by atoms with Gasteiger partial charge in [0.15, 0.2) is 18.9 Å². The van der Waals surface area contributed by atoms with Crippen LogP contribution in [0.25, 0.3) is 0 Å². The minimum absolute atomic E-state index is 0.117. The molecule has 3 saturated heterocycles. The van der Waals surface area contributed by atoms with Crippen molar-refractivity contribution >= 4 is 5.91 Å². The van der Waals surface area contributed by atoms with E-state index in [0.29, 0.717) is 0 Å². The highest BCUT2D eigenvalue weighted by Gasteiger charge is 2.54. The molecule has 4 fully saturated rings. The number of fused-ring (bicyclic) bond motifs is 1. The van der Waals surface area contributed by atoms with Gasteiger partial charge in [0.2, 0.25) is 5.91 Å². The fraction of sp³-hybridized carbons (Fsp3) is 0.957. The number of amides is 1. The number of likely N-dealkylation sites (N-methyl/N-ethyl adjacent to an activating group) is 1. The van der Waals surface area contributed by atoms with Crippen molar-refractivity contribution in [3.8, 4) is 0 Å². The predicted octanol–water partition coefficient (Wildman–Crippen LogP) is -7.83. The van der Waals surface area contributed by atoms with E-state index in [9.17, 15) is 35.4 Å². The molecule has 10 unspecified atom stereocenters. The Morgan fingerprint density at radius 1 is 0.805 bits per heavy atom. The summed E-state index contributed by atoms with van der Waals surface area (Å²) in [5.74, 6) is -0.627. The number of hydrogen-bond donors (Lipinski definition) is 12. The number of nitrogens with one attached hydrogen (secondary N) is 2. The molecule has 17 atom stereocenters. The van der Waals surface area contributed by atoms with Crippen LogP contribution in [0.3, 0.4) is 0 Å². The summed E-state index contributed by atoms with van der Waals surface area (Å²) in [6.45, 7) is -1.00. The van der Waals surface area contributed by atoms with Crippen LogP contribution in [0.1, 0.15) is 12.8 Å². The molecule has 18 heteroatoms. The van der Waals surface area contributed by atoms with Gasteiger partial charge < -0.3 is 87.9 Å². The summed E-state index contributed by atoms with van der Waals surface area (Å²) in [5, 5.41) is 68.2. The number of carbonyl (C=O) groups excluding carboxylic acids is 1. The van der Waals surface area contributed by atoms with Gasteiger partial charge in [-0.25, -0.2) is 0 Å². The van der Waals surface area contributed by atoms with E-state index in [4.69, 9.17) is 46.6 Å². The normalized spacial score (nSPS) is 50.7. The smallest absolute Gasteiger partial charge is 0.234 e. The first-order chi connectivity index (χ1) is 19.4. The summed E-state index contributed by atoms with van der Waals surface area (Å²) >= 11 is 0. The van der Waals surface area contributed by atoms with Gasteiger partial charge in [0.05, 0.1) is 43.5 Å². The Morgan fingerprint density at radius 2 is 1.51 bits per heavy atom. The summed E-state index contributed by atoms with van der Waals surface area (Å²) in [6.07, 6.45) is -14.7. The van der Waals surface area contributed by atoms with Gasteiger partial charge in [-0.05, 0) is 19.9 Å². The molecule has 238 valence electrons. The molecule has 3 heterocycles. The van der Waals surface area contributed by atoms with Crippen LogP contribution >= 0.6 is 0 Å². The standard InChI is InChI=1S/C23H44N6O12/c1-28-13-16(34)20-9(3-8(27)21(40-20)39-19-7(26)2-6(25)14(32)17(19)35)37-22(13)41-23-18(36)15(33)12(10(5-30)38-23)29-11(31)4-24/h6-10,12-23,28,30,32-36H,2-5,24-27H2,1H3,(H,29,31)/t6-,7?,8?,9+,10?,12-,13?,14?,15?,16?,17-,18?,19-,20?,21+,22?,23-/m1/s1. The van der Waals surface area contributed by atoms with Gasteiger partial charge in [0.1, 0.15) is 42.7 Å². The first-order valence-electron chi connectivity index (χ1n) is 13.6. The molecule has 0 aromatic heterocycles. The maximum atomic E-state index is 11.7. The molecule has 1 amide bonds. The Balaban J connectivity index is 1.43. The SMILES string of the molecule is CNC1C(O[C@H]2OC(CO)[C@@H](NC(=O)CN)C(O)C2O)O[C@H]2CC(N)[C@@H](O[C@@H]3C(N)C[C@@H](N)C(O)[C@H]3O)OC2C1O. The van der Waals surface area contributed by atoms with Crippen molar-refractivity contribution in [1.82, 2.24) is 10.6 Å². The second-order valence-electron chi connectivity index (χ2n) is 11.0. The van der Waals surface area contributed by atoms with Crippen LogP contribution in [0, 0.1) is 0 Å². The van der Waals surface area contributed by atoms with E-state index < -0.39 is 117 Å². The highest BCUT2D eigenvalue weighted by atomic mass is 16.8. The molecule has 0 spiro atoms. The molecule has 4 rings (SSSR count). The lowest BCUT2D eigenvalue weighted by molar-refractivity contribution is -0.373. The molecule has 3 aliphatic heterocycles. The van der Waals surface area contributed by atoms with Crippen molar-refractivity contribution in [2.24, 2.45) is 22.9 Å². The maximum absolute atomic E-state index is 11.7. The topological polar surface area (TPSA) is 313 Å². The van der Waals surface area contributed by atoms with Gasteiger partial charge >= 0.3 is 0 Å². The summed E-state index contributed by atoms with van der Waals surface area (Å²) < 4.78 is 29.4. The molecule has 41 heavy (non-hydrogen) atoms. The van der Waals surface area contributed by atoms with Crippen LogP contribution in [0.5, 0.6) is 0 Å². The van der Waals surface area contributed by atoms with E-state index in [1.807, 2.05) is 0 Å². The molecule has 0 aromatic rings. The first-order valence-corrected chi connectivity index (χ1v) is 13.6. The Labute approximate surface area is 236 Å². The van der Waals surface area contributed by atoms with E-state index in [1.165, 1.54) is 7.05 Å². The van der Waals surface area contributed by atoms with Crippen LogP contribution in [0.2, 0.25) is 0 Å². The zero-order chi connectivity index (χ0) is 30.2. The number of aliphatic hydroxyl groups excluding tert-OH is 6. The molecule has 1 aliphatic carbocycles.